The minimum absolute atomic E-state index is 0.000937. The molecule has 178 valence electrons. The minimum atomic E-state index is -3.69. The SMILES string of the molecule is COCCn1c(CN(CC(C)C)C(=O)NC(C)C)cnc1S(=O)(=O)Cc1ccc(C)cc1. The summed E-state index contributed by atoms with van der Waals surface area (Å²) in [6.45, 7) is 11.3. The first kappa shape index (κ1) is 25.9. The van der Waals surface area contributed by atoms with Crippen LogP contribution in [0.1, 0.15) is 44.5 Å². The Bertz CT molecular complexity index is 982. The number of sulfone groups is 1. The number of carbonyl (C=O) groups is 1. The van der Waals surface area contributed by atoms with Gasteiger partial charge in [0.2, 0.25) is 15.0 Å². The molecule has 1 aromatic heterocycles. The van der Waals surface area contributed by atoms with Crippen LogP contribution >= 0.6 is 0 Å². The van der Waals surface area contributed by atoms with E-state index in [1.807, 2.05) is 58.9 Å². The van der Waals surface area contributed by atoms with Gasteiger partial charge in [0.05, 0.1) is 30.8 Å². The van der Waals surface area contributed by atoms with Gasteiger partial charge < -0.3 is 19.5 Å². The standard InChI is InChI=1S/C23H36N4O4S/c1-17(2)14-26(22(28)25-18(3)4)15-21-13-24-23(27(21)11-12-31-6)32(29,30)16-20-9-7-19(5)8-10-20/h7-10,13,17-18H,11-12,14-16H2,1-6H3,(H,25,28). The third kappa shape index (κ3) is 7.34. The molecule has 0 bridgehead atoms. The number of aromatic nitrogens is 2. The van der Waals surface area contributed by atoms with Crippen molar-refractivity contribution in [3.05, 3.63) is 47.3 Å². The first-order valence-electron chi connectivity index (χ1n) is 10.9. The zero-order chi connectivity index (χ0) is 23.9. The number of rotatable bonds is 11. The number of hydrogen-bond acceptors (Lipinski definition) is 5. The van der Waals surface area contributed by atoms with Crippen LogP contribution in [-0.4, -0.2) is 55.2 Å². The Morgan fingerprint density at radius 3 is 2.41 bits per heavy atom. The number of ether oxygens (including phenoxy) is 1. The van der Waals surface area contributed by atoms with E-state index >= 15 is 0 Å². The number of imidazole rings is 1. The summed E-state index contributed by atoms with van der Waals surface area (Å²) in [6.07, 6.45) is 1.55. The van der Waals surface area contributed by atoms with Crippen LogP contribution < -0.4 is 5.32 Å². The molecule has 0 saturated heterocycles. The topological polar surface area (TPSA) is 93.5 Å². The molecule has 2 rings (SSSR count). The molecule has 0 unspecified atom stereocenters. The largest absolute Gasteiger partial charge is 0.383 e. The third-order valence-corrected chi connectivity index (χ3v) is 6.41. The zero-order valence-corrected chi connectivity index (χ0v) is 20.8. The monoisotopic (exact) mass is 464 g/mol. The van der Waals surface area contributed by atoms with Gasteiger partial charge in [0.1, 0.15) is 0 Å². The van der Waals surface area contributed by atoms with Crippen molar-refractivity contribution in [1.82, 2.24) is 19.8 Å². The number of methoxy groups -OCH3 is 1. The molecule has 0 fully saturated rings. The van der Waals surface area contributed by atoms with E-state index in [0.717, 1.165) is 5.56 Å². The second-order valence-corrected chi connectivity index (χ2v) is 10.7. The lowest BCUT2D eigenvalue weighted by Gasteiger charge is -2.26. The molecule has 2 amide bonds. The second-order valence-electron chi connectivity index (χ2n) is 8.80. The summed E-state index contributed by atoms with van der Waals surface area (Å²) in [7, 11) is -2.12. The van der Waals surface area contributed by atoms with Crippen molar-refractivity contribution in [2.75, 3.05) is 20.3 Å². The first-order chi connectivity index (χ1) is 15.0. The van der Waals surface area contributed by atoms with E-state index < -0.39 is 9.84 Å². The molecule has 2 aromatic rings. The summed E-state index contributed by atoms with van der Waals surface area (Å²) in [5, 5.41) is 2.92. The number of benzene rings is 1. The molecule has 0 atom stereocenters. The summed E-state index contributed by atoms with van der Waals surface area (Å²) in [4.78, 5) is 18.7. The Morgan fingerprint density at radius 1 is 1.19 bits per heavy atom. The molecule has 9 heteroatoms. The predicted octanol–water partition coefficient (Wildman–Crippen LogP) is 3.39. The number of aryl methyl sites for hydroxylation is 1. The molecule has 32 heavy (non-hydrogen) atoms. The van der Waals surface area contributed by atoms with Crippen LogP contribution in [0.15, 0.2) is 35.6 Å². The van der Waals surface area contributed by atoms with Gasteiger partial charge in [-0.25, -0.2) is 18.2 Å². The average molecular weight is 465 g/mol. The fourth-order valence-electron chi connectivity index (χ4n) is 3.35. The van der Waals surface area contributed by atoms with Gasteiger partial charge >= 0.3 is 6.03 Å². The van der Waals surface area contributed by atoms with Gasteiger partial charge in [-0.1, -0.05) is 43.7 Å². The molecule has 0 aliphatic carbocycles. The molecule has 8 nitrogen and oxygen atoms in total. The van der Waals surface area contributed by atoms with E-state index in [4.69, 9.17) is 4.74 Å². The van der Waals surface area contributed by atoms with E-state index in [2.05, 4.69) is 10.3 Å². The highest BCUT2D eigenvalue weighted by Crippen LogP contribution is 2.20. The van der Waals surface area contributed by atoms with Gasteiger partial charge in [0.25, 0.3) is 0 Å². The highest BCUT2D eigenvalue weighted by Gasteiger charge is 2.26. The van der Waals surface area contributed by atoms with E-state index in [1.54, 1.807) is 22.8 Å². The number of carbonyl (C=O) groups excluding carboxylic acids is 1. The van der Waals surface area contributed by atoms with E-state index in [0.29, 0.717) is 31.0 Å². The van der Waals surface area contributed by atoms with Crippen LogP contribution in [0, 0.1) is 12.8 Å². The van der Waals surface area contributed by atoms with E-state index in [1.165, 1.54) is 0 Å². The Morgan fingerprint density at radius 2 is 1.84 bits per heavy atom. The van der Waals surface area contributed by atoms with Crippen molar-refractivity contribution >= 4 is 15.9 Å². The Labute approximate surface area is 191 Å². The second kappa shape index (κ2) is 11.5. The van der Waals surface area contributed by atoms with Crippen molar-refractivity contribution in [2.45, 2.75) is 64.7 Å². The molecule has 1 aromatic carbocycles. The maximum absolute atomic E-state index is 13.2. The van der Waals surface area contributed by atoms with Crippen LogP contribution in [-0.2, 0) is 33.4 Å². The van der Waals surface area contributed by atoms with Crippen molar-refractivity contribution in [1.29, 1.82) is 0 Å². The van der Waals surface area contributed by atoms with Crippen LogP contribution in [0.3, 0.4) is 0 Å². The van der Waals surface area contributed by atoms with Gasteiger partial charge in [-0.05, 0) is 32.3 Å². The Balaban J connectivity index is 2.37. The average Bonchev–Trinajstić information content (AvgIpc) is 3.10. The third-order valence-electron chi connectivity index (χ3n) is 4.81. The molecular formula is C23H36N4O4S. The van der Waals surface area contributed by atoms with Gasteiger partial charge in [0.15, 0.2) is 0 Å². The van der Waals surface area contributed by atoms with Gasteiger partial charge in [-0.3, -0.25) is 0 Å². The van der Waals surface area contributed by atoms with Gasteiger partial charge in [-0.2, -0.15) is 0 Å². The number of hydrogen-bond donors (Lipinski definition) is 1. The van der Waals surface area contributed by atoms with Crippen molar-refractivity contribution < 1.29 is 17.9 Å². The van der Waals surface area contributed by atoms with Crippen LogP contribution in [0.2, 0.25) is 0 Å². The van der Waals surface area contributed by atoms with Crippen molar-refractivity contribution in [3.63, 3.8) is 0 Å². The fraction of sp³-hybridized carbons (Fsp3) is 0.565. The molecule has 0 aliphatic rings. The summed E-state index contributed by atoms with van der Waals surface area (Å²) < 4.78 is 33.3. The number of urea groups is 1. The lowest BCUT2D eigenvalue weighted by Crippen LogP contribution is -2.44. The Kier molecular flexibility index (Phi) is 9.27. The van der Waals surface area contributed by atoms with Crippen LogP contribution in [0.5, 0.6) is 0 Å². The lowest BCUT2D eigenvalue weighted by molar-refractivity contribution is 0.175. The van der Waals surface area contributed by atoms with Crippen molar-refractivity contribution in [3.8, 4) is 0 Å². The molecule has 0 radical (unpaired) electrons. The highest BCUT2D eigenvalue weighted by molar-refractivity contribution is 7.90. The smallest absolute Gasteiger partial charge is 0.317 e. The van der Waals surface area contributed by atoms with Gasteiger partial charge in [0, 0.05) is 26.2 Å². The molecule has 0 aliphatic heterocycles. The molecule has 0 saturated carbocycles. The number of nitrogens with zero attached hydrogens (tertiary/aromatic N) is 3. The predicted molar refractivity (Wildman–Crippen MR) is 125 cm³/mol. The van der Waals surface area contributed by atoms with E-state index in [-0.39, 0.29) is 35.4 Å². The number of amides is 2. The number of nitrogens with one attached hydrogen (secondary N) is 1. The maximum Gasteiger partial charge on any atom is 0.317 e. The van der Waals surface area contributed by atoms with Crippen LogP contribution in [0.4, 0.5) is 4.79 Å². The Hall–Kier alpha value is -2.39. The normalized spacial score (nSPS) is 11.9. The van der Waals surface area contributed by atoms with Gasteiger partial charge in [-0.15, -0.1) is 0 Å². The molecule has 1 N–H and O–H groups in total. The quantitative estimate of drug-likeness (QED) is 0.550. The summed E-state index contributed by atoms with van der Waals surface area (Å²) >= 11 is 0. The lowest BCUT2D eigenvalue weighted by atomic mass is 10.2. The summed E-state index contributed by atoms with van der Waals surface area (Å²) in [6, 6.07) is 7.24. The fourth-order valence-corrected chi connectivity index (χ4v) is 4.87. The van der Waals surface area contributed by atoms with Crippen molar-refractivity contribution in [2.24, 2.45) is 5.92 Å². The zero-order valence-electron chi connectivity index (χ0n) is 20.0. The van der Waals surface area contributed by atoms with E-state index in [9.17, 15) is 13.2 Å². The summed E-state index contributed by atoms with van der Waals surface area (Å²) in [5.41, 5.74) is 2.43. The van der Waals surface area contributed by atoms with Crippen LogP contribution in [0.25, 0.3) is 0 Å². The minimum Gasteiger partial charge on any atom is -0.383 e. The molecule has 0 spiro atoms. The highest BCUT2D eigenvalue weighted by atomic mass is 32.2. The summed E-state index contributed by atoms with van der Waals surface area (Å²) in [5.74, 6) is 0.119. The maximum atomic E-state index is 13.2. The molecule has 1 heterocycles. The first-order valence-corrected chi connectivity index (χ1v) is 12.6. The molecular weight excluding hydrogens is 428 g/mol.